The molecular weight excluding hydrogens is 244 g/mol. The molecule has 1 aromatic carbocycles. The fourth-order valence-corrected chi connectivity index (χ4v) is 1.76. The molecule has 0 unspecified atom stereocenters. The molecular formula is C15H18O4. The van der Waals surface area contributed by atoms with Crippen molar-refractivity contribution in [2.75, 3.05) is 6.61 Å². The number of aliphatic hydroxyl groups is 2. The Balaban J connectivity index is 1.77. The summed E-state index contributed by atoms with van der Waals surface area (Å²) < 4.78 is 10.5. The maximum absolute atomic E-state index is 9.26. The Labute approximate surface area is 112 Å². The zero-order valence-electron chi connectivity index (χ0n) is 10.9. The maximum atomic E-state index is 9.26. The monoisotopic (exact) mass is 262 g/mol. The van der Waals surface area contributed by atoms with Crippen LogP contribution in [0.3, 0.4) is 0 Å². The molecule has 1 aliphatic rings. The summed E-state index contributed by atoms with van der Waals surface area (Å²) in [5, 5.41) is 18.5. The van der Waals surface area contributed by atoms with Crippen molar-refractivity contribution in [1.82, 2.24) is 0 Å². The molecule has 0 atom stereocenters. The Hall–Kier alpha value is -1.62. The Morgan fingerprint density at radius 2 is 2.11 bits per heavy atom. The Bertz CT molecular complexity index is 474. The molecule has 0 saturated heterocycles. The number of rotatable bonds is 5. The smallest absolute Gasteiger partial charge is 0.325 e. The van der Waals surface area contributed by atoms with Crippen LogP contribution in [0.15, 0.2) is 53.8 Å². The van der Waals surface area contributed by atoms with Crippen LogP contribution in [-0.2, 0) is 16.1 Å². The van der Waals surface area contributed by atoms with Crippen molar-refractivity contribution in [3.63, 3.8) is 0 Å². The molecule has 0 bridgehead atoms. The quantitative estimate of drug-likeness (QED) is 0.630. The lowest BCUT2D eigenvalue weighted by Crippen LogP contribution is -2.26. The van der Waals surface area contributed by atoms with E-state index in [1.165, 1.54) is 0 Å². The summed E-state index contributed by atoms with van der Waals surface area (Å²) in [6.45, 7) is 2.85. The molecule has 0 aliphatic carbocycles. The highest BCUT2D eigenvalue weighted by Crippen LogP contribution is 2.27. The first-order valence-corrected chi connectivity index (χ1v) is 6.19. The summed E-state index contributed by atoms with van der Waals surface area (Å²) >= 11 is 0. The molecule has 2 N–H and O–H groups in total. The van der Waals surface area contributed by atoms with Gasteiger partial charge in [-0.05, 0) is 24.1 Å². The molecule has 0 amide bonds. The number of allylic oxidation sites excluding steroid dienone is 1. The van der Waals surface area contributed by atoms with Crippen LogP contribution in [-0.4, -0.2) is 22.8 Å². The van der Waals surface area contributed by atoms with Gasteiger partial charge in [-0.15, -0.1) is 0 Å². The largest absolute Gasteiger partial charge is 0.439 e. The Kier molecular flexibility index (Phi) is 4.37. The van der Waals surface area contributed by atoms with E-state index in [9.17, 15) is 10.2 Å². The molecule has 4 heteroatoms. The van der Waals surface area contributed by atoms with Crippen molar-refractivity contribution in [2.45, 2.75) is 25.9 Å². The van der Waals surface area contributed by atoms with Crippen molar-refractivity contribution in [2.24, 2.45) is 0 Å². The highest BCUT2D eigenvalue weighted by atomic mass is 16.8. The van der Waals surface area contributed by atoms with Crippen molar-refractivity contribution in [1.29, 1.82) is 0 Å². The number of hydrogen-bond donors (Lipinski definition) is 2. The van der Waals surface area contributed by atoms with E-state index in [2.05, 4.69) is 0 Å². The van der Waals surface area contributed by atoms with E-state index in [-0.39, 0.29) is 6.42 Å². The minimum Gasteiger partial charge on any atom is -0.439 e. The zero-order valence-corrected chi connectivity index (χ0v) is 10.9. The second-order valence-corrected chi connectivity index (χ2v) is 4.51. The third-order valence-corrected chi connectivity index (χ3v) is 2.83. The SMILES string of the molecule is CC(=CCOCc1ccccc1)C1=CCC(O)(O)O1. The molecule has 19 heavy (non-hydrogen) atoms. The zero-order chi connectivity index (χ0) is 13.7. The fourth-order valence-electron chi connectivity index (χ4n) is 1.76. The van der Waals surface area contributed by atoms with Crippen LogP contribution in [0.4, 0.5) is 0 Å². The second-order valence-electron chi connectivity index (χ2n) is 4.51. The maximum Gasteiger partial charge on any atom is 0.325 e. The molecule has 0 radical (unpaired) electrons. The standard InChI is InChI=1S/C15H18O4/c1-12(14-7-9-15(16,17)19-14)8-10-18-11-13-5-3-2-4-6-13/h2-8,16-17H,9-11H2,1H3. The summed E-state index contributed by atoms with van der Waals surface area (Å²) in [6, 6.07) is 9.92. The molecule has 0 aromatic heterocycles. The highest BCUT2D eigenvalue weighted by molar-refractivity contribution is 5.26. The molecule has 4 nitrogen and oxygen atoms in total. The van der Waals surface area contributed by atoms with Crippen LogP contribution in [0.2, 0.25) is 0 Å². The second kappa shape index (κ2) is 6.02. The van der Waals surface area contributed by atoms with Crippen LogP contribution < -0.4 is 0 Å². The third-order valence-electron chi connectivity index (χ3n) is 2.83. The molecule has 1 aliphatic heterocycles. The van der Waals surface area contributed by atoms with Gasteiger partial charge in [0.25, 0.3) is 0 Å². The van der Waals surface area contributed by atoms with Gasteiger partial charge >= 0.3 is 5.97 Å². The predicted molar refractivity (Wildman–Crippen MR) is 70.8 cm³/mol. The first kappa shape index (κ1) is 13.8. The average Bonchev–Trinajstić information content (AvgIpc) is 2.76. The topological polar surface area (TPSA) is 58.9 Å². The van der Waals surface area contributed by atoms with Gasteiger partial charge in [-0.3, -0.25) is 0 Å². The number of hydrogen-bond acceptors (Lipinski definition) is 4. The average molecular weight is 262 g/mol. The molecule has 2 rings (SSSR count). The summed E-state index contributed by atoms with van der Waals surface area (Å²) in [5.41, 5.74) is 1.95. The number of benzene rings is 1. The molecule has 1 heterocycles. The summed E-state index contributed by atoms with van der Waals surface area (Å²) in [5.74, 6) is -1.57. The van der Waals surface area contributed by atoms with E-state index in [1.807, 2.05) is 43.3 Å². The van der Waals surface area contributed by atoms with Crippen molar-refractivity contribution in [3.8, 4) is 0 Å². The summed E-state index contributed by atoms with van der Waals surface area (Å²) in [7, 11) is 0. The van der Waals surface area contributed by atoms with Crippen molar-refractivity contribution in [3.05, 3.63) is 59.4 Å². The predicted octanol–water partition coefficient (Wildman–Crippen LogP) is 2.09. The molecule has 0 fully saturated rings. The van der Waals surface area contributed by atoms with Gasteiger partial charge in [0.05, 0.1) is 19.6 Å². The first-order valence-electron chi connectivity index (χ1n) is 6.19. The van der Waals surface area contributed by atoms with Gasteiger partial charge in [-0.1, -0.05) is 36.4 Å². The molecule has 1 aromatic rings. The van der Waals surface area contributed by atoms with E-state index in [4.69, 9.17) is 9.47 Å². The van der Waals surface area contributed by atoms with Crippen molar-refractivity contribution >= 4 is 0 Å². The van der Waals surface area contributed by atoms with Crippen LogP contribution in [0.1, 0.15) is 18.9 Å². The van der Waals surface area contributed by atoms with Gasteiger partial charge in [0.1, 0.15) is 5.76 Å². The normalized spacial score (nSPS) is 18.1. The summed E-state index contributed by atoms with van der Waals surface area (Å²) in [4.78, 5) is 0. The van der Waals surface area contributed by atoms with Crippen LogP contribution in [0.25, 0.3) is 0 Å². The van der Waals surface area contributed by atoms with Crippen LogP contribution in [0.5, 0.6) is 0 Å². The number of ether oxygens (including phenoxy) is 2. The van der Waals surface area contributed by atoms with E-state index >= 15 is 0 Å². The van der Waals surface area contributed by atoms with E-state index in [0.29, 0.717) is 19.0 Å². The van der Waals surface area contributed by atoms with Crippen LogP contribution >= 0.6 is 0 Å². The molecule has 0 spiro atoms. The van der Waals surface area contributed by atoms with E-state index in [0.717, 1.165) is 11.1 Å². The first-order chi connectivity index (χ1) is 9.07. The molecule has 102 valence electrons. The minimum absolute atomic E-state index is 0.0817. The van der Waals surface area contributed by atoms with Gasteiger partial charge in [-0.2, -0.15) is 0 Å². The Morgan fingerprint density at radius 1 is 1.37 bits per heavy atom. The fraction of sp³-hybridized carbons (Fsp3) is 0.333. The van der Waals surface area contributed by atoms with Gasteiger partial charge in [-0.25, -0.2) is 0 Å². The van der Waals surface area contributed by atoms with Gasteiger partial charge in [0, 0.05) is 0 Å². The third kappa shape index (κ3) is 4.21. The minimum atomic E-state index is -2.06. The van der Waals surface area contributed by atoms with Gasteiger partial charge < -0.3 is 19.7 Å². The molecule has 0 saturated carbocycles. The Morgan fingerprint density at radius 3 is 2.74 bits per heavy atom. The highest BCUT2D eigenvalue weighted by Gasteiger charge is 2.31. The van der Waals surface area contributed by atoms with Crippen LogP contribution in [0, 0.1) is 0 Å². The lowest BCUT2D eigenvalue weighted by Gasteiger charge is -2.16. The lowest BCUT2D eigenvalue weighted by molar-refractivity contribution is -0.305. The van der Waals surface area contributed by atoms with E-state index < -0.39 is 5.97 Å². The van der Waals surface area contributed by atoms with Crippen molar-refractivity contribution < 1.29 is 19.7 Å². The lowest BCUT2D eigenvalue weighted by atomic mass is 10.2. The van der Waals surface area contributed by atoms with Gasteiger partial charge in [0.15, 0.2) is 0 Å². The van der Waals surface area contributed by atoms with E-state index in [1.54, 1.807) is 6.08 Å². The summed E-state index contributed by atoms with van der Waals surface area (Å²) in [6.07, 6.45) is 3.59. The van der Waals surface area contributed by atoms with Gasteiger partial charge in [0.2, 0.25) is 0 Å².